The fraction of sp³-hybridized carbons (Fsp3) is 0.304. The van der Waals surface area contributed by atoms with Crippen molar-refractivity contribution < 1.29 is 0 Å². The van der Waals surface area contributed by atoms with Gasteiger partial charge >= 0.3 is 0 Å². The summed E-state index contributed by atoms with van der Waals surface area (Å²) in [4.78, 5) is -0.344. The predicted octanol–water partition coefficient (Wildman–Crippen LogP) is 5.30. The number of hydrogen-bond donors (Lipinski definition) is 1. The summed E-state index contributed by atoms with van der Waals surface area (Å²) < 4.78 is 2.07. The summed E-state index contributed by atoms with van der Waals surface area (Å²) in [6.07, 6.45) is 6.91. The fourth-order valence-electron chi connectivity index (χ4n) is 4.39. The zero-order valence-corrected chi connectivity index (χ0v) is 17.9. The lowest BCUT2D eigenvalue weighted by molar-refractivity contribution is 0.553. The Morgan fingerprint density at radius 3 is 2.79 bits per heavy atom. The molecule has 3 aromatic rings. The summed E-state index contributed by atoms with van der Waals surface area (Å²) in [5, 5.41) is 11.7. The van der Waals surface area contributed by atoms with E-state index in [0.717, 1.165) is 43.9 Å². The lowest BCUT2D eigenvalue weighted by Crippen LogP contribution is -2.22. The number of aromatic nitrogens is 3. The maximum Gasteiger partial charge on any atom is 0.151 e. The predicted molar refractivity (Wildman–Crippen MR) is 120 cm³/mol. The molecule has 0 spiro atoms. The van der Waals surface area contributed by atoms with Gasteiger partial charge in [-0.15, -0.1) is 34.2 Å². The summed E-state index contributed by atoms with van der Waals surface area (Å²) in [7, 11) is 0. The van der Waals surface area contributed by atoms with Crippen LogP contribution in [0.15, 0.2) is 54.9 Å². The van der Waals surface area contributed by atoms with Crippen molar-refractivity contribution in [2.24, 2.45) is 0 Å². The average molecular weight is 427 g/mol. The van der Waals surface area contributed by atoms with Gasteiger partial charge in [0.1, 0.15) is 6.33 Å². The van der Waals surface area contributed by atoms with E-state index in [4.69, 9.17) is 11.6 Å². The molecular formula is C23H24Cl2N4. The van der Waals surface area contributed by atoms with Crippen LogP contribution in [0.3, 0.4) is 0 Å². The van der Waals surface area contributed by atoms with Crippen molar-refractivity contribution in [1.82, 2.24) is 20.1 Å². The van der Waals surface area contributed by atoms with Gasteiger partial charge in [0.2, 0.25) is 0 Å². The lowest BCUT2D eigenvalue weighted by Gasteiger charge is -2.32. The Balaban J connectivity index is 0.00000205. The standard InChI is InChI=1S/C23H23ClN4.ClH/c1-16-4-2-3-5-20(16)17-8-10-23(24,11-9-17)19-6-7-21-18(12-19)13-25-14-22-27-26-15-28(21)22;/h2-8,12,15,25H,9-11,13-14H2,1H3;1H. The maximum absolute atomic E-state index is 7.16. The number of hydrogen-bond acceptors (Lipinski definition) is 3. The van der Waals surface area contributed by atoms with Gasteiger partial charge in [0.15, 0.2) is 5.82 Å². The molecule has 2 heterocycles. The Hall–Kier alpha value is -2.14. The molecule has 2 aromatic carbocycles. The van der Waals surface area contributed by atoms with E-state index < -0.39 is 0 Å². The van der Waals surface area contributed by atoms with Crippen molar-refractivity contribution in [3.05, 3.63) is 82.9 Å². The number of nitrogens with one attached hydrogen (secondary N) is 1. The SMILES string of the molecule is Cc1ccccc1C1=CCC(Cl)(c2ccc3c(c2)CNCc2nncn2-3)CC1.Cl. The largest absolute Gasteiger partial charge is 0.306 e. The third-order valence-corrected chi connectivity index (χ3v) is 6.59. The van der Waals surface area contributed by atoms with E-state index in [9.17, 15) is 0 Å². The van der Waals surface area contributed by atoms with Crippen molar-refractivity contribution in [2.45, 2.75) is 44.1 Å². The first-order chi connectivity index (χ1) is 13.6. The molecule has 2 aliphatic rings. The normalized spacial score (nSPS) is 20.7. The summed E-state index contributed by atoms with van der Waals surface area (Å²) in [6, 6.07) is 15.2. The van der Waals surface area contributed by atoms with Crippen LogP contribution < -0.4 is 5.32 Å². The smallest absolute Gasteiger partial charge is 0.151 e. The Bertz CT molecular complexity index is 1070. The first kappa shape index (κ1) is 20.1. The van der Waals surface area contributed by atoms with Crippen LogP contribution in [0.5, 0.6) is 0 Å². The average Bonchev–Trinajstić information content (AvgIpc) is 3.10. The molecule has 6 heteroatoms. The third kappa shape index (κ3) is 3.61. The van der Waals surface area contributed by atoms with Crippen LogP contribution in [0.1, 0.15) is 47.3 Å². The number of benzene rings is 2. The quantitative estimate of drug-likeness (QED) is 0.565. The first-order valence-electron chi connectivity index (χ1n) is 9.81. The van der Waals surface area contributed by atoms with Gasteiger partial charge in [0.25, 0.3) is 0 Å². The van der Waals surface area contributed by atoms with Crippen molar-refractivity contribution in [3.63, 3.8) is 0 Å². The molecule has 1 atom stereocenters. The second-order valence-electron chi connectivity index (χ2n) is 7.78. The van der Waals surface area contributed by atoms with Crippen LogP contribution in [0.4, 0.5) is 0 Å². The monoisotopic (exact) mass is 426 g/mol. The van der Waals surface area contributed by atoms with Gasteiger partial charge < -0.3 is 5.32 Å². The lowest BCUT2D eigenvalue weighted by atomic mass is 9.80. The summed E-state index contributed by atoms with van der Waals surface area (Å²) in [6.45, 7) is 3.71. The minimum Gasteiger partial charge on any atom is -0.306 e. The minimum absolute atomic E-state index is 0. The molecule has 4 nitrogen and oxygen atoms in total. The highest BCUT2D eigenvalue weighted by Gasteiger charge is 2.33. The zero-order chi connectivity index (χ0) is 19.1. The van der Waals surface area contributed by atoms with E-state index in [1.165, 1.54) is 27.8 Å². The van der Waals surface area contributed by atoms with Gasteiger partial charge in [-0.25, -0.2) is 0 Å². The minimum atomic E-state index is -0.344. The Labute approximate surface area is 182 Å². The number of rotatable bonds is 2. The molecule has 5 rings (SSSR count). The molecule has 1 aromatic heterocycles. The molecule has 150 valence electrons. The molecule has 0 radical (unpaired) electrons. The van der Waals surface area contributed by atoms with Crippen LogP contribution >= 0.6 is 24.0 Å². The van der Waals surface area contributed by atoms with Gasteiger partial charge in [-0.1, -0.05) is 42.5 Å². The van der Waals surface area contributed by atoms with E-state index in [1.54, 1.807) is 6.33 Å². The van der Waals surface area contributed by atoms with E-state index in [-0.39, 0.29) is 17.3 Å². The number of allylic oxidation sites excluding steroid dienone is 2. The highest BCUT2D eigenvalue weighted by molar-refractivity contribution is 6.24. The van der Waals surface area contributed by atoms with Crippen LogP contribution in [0, 0.1) is 6.92 Å². The topological polar surface area (TPSA) is 42.7 Å². The van der Waals surface area contributed by atoms with Crippen molar-refractivity contribution >= 4 is 29.6 Å². The van der Waals surface area contributed by atoms with Gasteiger partial charge in [-0.3, -0.25) is 4.57 Å². The van der Waals surface area contributed by atoms with Gasteiger partial charge in [-0.05, 0) is 60.1 Å². The highest BCUT2D eigenvalue weighted by atomic mass is 35.5. The van der Waals surface area contributed by atoms with Crippen LogP contribution in [-0.2, 0) is 18.0 Å². The molecule has 1 aliphatic carbocycles. The van der Waals surface area contributed by atoms with E-state index >= 15 is 0 Å². The van der Waals surface area contributed by atoms with Gasteiger partial charge in [-0.2, -0.15) is 0 Å². The number of alkyl halides is 1. The molecule has 29 heavy (non-hydrogen) atoms. The summed E-state index contributed by atoms with van der Waals surface area (Å²) in [5.74, 6) is 0.940. The molecule has 1 aliphatic heterocycles. The number of aryl methyl sites for hydroxylation is 1. The van der Waals surface area contributed by atoms with E-state index in [1.807, 2.05) is 0 Å². The molecular weight excluding hydrogens is 403 g/mol. The molecule has 0 amide bonds. The van der Waals surface area contributed by atoms with Gasteiger partial charge in [0, 0.05) is 6.54 Å². The number of nitrogens with zero attached hydrogens (tertiary/aromatic N) is 3. The van der Waals surface area contributed by atoms with Gasteiger partial charge in [0.05, 0.1) is 17.1 Å². The van der Waals surface area contributed by atoms with Crippen molar-refractivity contribution in [2.75, 3.05) is 0 Å². The van der Waals surface area contributed by atoms with Crippen molar-refractivity contribution in [3.8, 4) is 5.69 Å². The molecule has 0 fully saturated rings. The first-order valence-corrected chi connectivity index (χ1v) is 10.2. The summed E-state index contributed by atoms with van der Waals surface area (Å²) >= 11 is 7.16. The van der Waals surface area contributed by atoms with Crippen LogP contribution in [0.2, 0.25) is 0 Å². The highest BCUT2D eigenvalue weighted by Crippen LogP contribution is 2.45. The molecule has 0 saturated carbocycles. The van der Waals surface area contributed by atoms with Crippen LogP contribution in [-0.4, -0.2) is 14.8 Å². The van der Waals surface area contributed by atoms with Crippen molar-refractivity contribution in [1.29, 1.82) is 0 Å². The second kappa shape index (κ2) is 7.94. The molecule has 1 N–H and O–H groups in total. The number of halogens is 2. The fourth-order valence-corrected chi connectivity index (χ4v) is 4.68. The molecule has 1 unspecified atom stereocenters. The Kier molecular flexibility index (Phi) is 5.52. The molecule has 0 bridgehead atoms. The summed E-state index contributed by atoms with van der Waals surface area (Å²) in [5.41, 5.74) is 7.68. The number of fused-ring (bicyclic) bond motifs is 3. The Morgan fingerprint density at radius 1 is 1.14 bits per heavy atom. The third-order valence-electron chi connectivity index (χ3n) is 6.03. The zero-order valence-electron chi connectivity index (χ0n) is 16.4. The maximum atomic E-state index is 7.16. The van der Waals surface area contributed by atoms with Crippen LogP contribution in [0.25, 0.3) is 11.3 Å². The van der Waals surface area contributed by atoms with E-state index in [0.29, 0.717) is 0 Å². The van der Waals surface area contributed by atoms with E-state index in [2.05, 4.69) is 75.5 Å². The second-order valence-corrected chi connectivity index (χ2v) is 8.50. The Morgan fingerprint density at radius 2 is 2.00 bits per heavy atom. The molecule has 0 saturated heterocycles.